The summed E-state index contributed by atoms with van der Waals surface area (Å²) in [5.41, 5.74) is 4.56. The molecule has 0 heterocycles. The number of aryl methyl sites for hydroxylation is 2. The molecule has 1 unspecified atom stereocenters. The topological polar surface area (TPSA) is 32.3 Å². The molecule has 2 aromatic rings. The van der Waals surface area contributed by atoms with Crippen LogP contribution in [0.25, 0.3) is 0 Å². The molecule has 0 bridgehead atoms. The van der Waals surface area contributed by atoms with E-state index in [1.54, 1.807) is 0 Å². The van der Waals surface area contributed by atoms with Crippen molar-refractivity contribution in [1.29, 1.82) is 0 Å². The third-order valence-electron chi connectivity index (χ3n) is 2.99. The molecule has 0 amide bonds. The second-order valence-electron chi connectivity index (χ2n) is 4.66. The highest BCUT2D eigenvalue weighted by Crippen LogP contribution is 2.20. The average molecular weight is 241 g/mol. The first kappa shape index (κ1) is 12.7. The summed E-state index contributed by atoms with van der Waals surface area (Å²) >= 11 is 0. The molecule has 2 nitrogen and oxygen atoms in total. The van der Waals surface area contributed by atoms with Gasteiger partial charge < -0.3 is 10.4 Å². The Bertz CT molecular complexity index is 522. The van der Waals surface area contributed by atoms with Crippen molar-refractivity contribution in [2.75, 3.05) is 11.9 Å². The lowest BCUT2D eigenvalue weighted by Crippen LogP contribution is -2.14. The SMILES string of the molecule is Cc1cccc(NC(CO)c2cccc(C)c2)c1. The van der Waals surface area contributed by atoms with Gasteiger partial charge in [-0.2, -0.15) is 0 Å². The van der Waals surface area contributed by atoms with Gasteiger partial charge in [0.1, 0.15) is 0 Å². The summed E-state index contributed by atoms with van der Waals surface area (Å²) in [6.07, 6.45) is 0. The Balaban J connectivity index is 2.19. The number of anilines is 1. The first-order chi connectivity index (χ1) is 8.69. The predicted molar refractivity (Wildman–Crippen MR) is 75.8 cm³/mol. The molecule has 0 aliphatic rings. The maximum Gasteiger partial charge on any atom is 0.0745 e. The van der Waals surface area contributed by atoms with Gasteiger partial charge in [-0.1, -0.05) is 42.0 Å². The molecular formula is C16H19NO. The van der Waals surface area contributed by atoms with Gasteiger partial charge in [-0.15, -0.1) is 0 Å². The molecule has 2 rings (SSSR count). The molecule has 0 aliphatic carbocycles. The molecule has 94 valence electrons. The number of hydrogen-bond donors (Lipinski definition) is 2. The molecule has 18 heavy (non-hydrogen) atoms. The van der Waals surface area contributed by atoms with E-state index in [0.717, 1.165) is 11.3 Å². The molecule has 2 N–H and O–H groups in total. The molecule has 0 spiro atoms. The highest BCUT2D eigenvalue weighted by atomic mass is 16.3. The Kier molecular flexibility index (Phi) is 4.00. The van der Waals surface area contributed by atoms with E-state index in [9.17, 15) is 5.11 Å². The largest absolute Gasteiger partial charge is 0.394 e. The number of rotatable bonds is 4. The number of aliphatic hydroxyl groups is 1. The van der Waals surface area contributed by atoms with Crippen LogP contribution in [0.2, 0.25) is 0 Å². The predicted octanol–water partition coefficient (Wildman–Crippen LogP) is 3.45. The van der Waals surface area contributed by atoms with Crippen molar-refractivity contribution in [2.24, 2.45) is 0 Å². The molecule has 0 aliphatic heterocycles. The summed E-state index contributed by atoms with van der Waals surface area (Å²) in [6, 6.07) is 16.3. The Labute approximate surface area is 108 Å². The first-order valence-electron chi connectivity index (χ1n) is 6.19. The molecule has 0 aromatic heterocycles. The van der Waals surface area contributed by atoms with E-state index in [2.05, 4.69) is 43.4 Å². The molecule has 2 aromatic carbocycles. The Hall–Kier alpha value is -1.80. The third-order valence-corrected chi connectivity index (χ3v) is 2.99. The van der Waals surface area contributed by atoms with Crippen molar-refractivity contribution in [2.45, 2.75) is 19.9 Å². The van der Waals surface area contributed by atoms with Crippen LogP contribution in [-0.2, 0) is 0 Å². The lowest BCUT2D eigenvalue weighted by molar-refractivity contribution is 0.276. The van der Waals surface area contributed by atoms with Crippen LogP contribution in [0.15, 0.2) is 48.5 Å². The molecule has 2 heteroatoms. The second kappa shape index (κ2) is 5.69. The van der Waals surface area contributed by atoms with Gasteiger partial charge in [0, 0.05) is 5.69 Å². The quantitative estimate of drug-likeness (QED) is 0.859. The Morgan fingerprint density at radius 1 is 1.00 bits per heavy atom. The zero-order chi connectivity index (χ0) is 13.0. The number of benzene rings is 2. The fourth-order valence-electron chi connectivity index (χ4n) is 2.06. The monoisotopic (exact) mass is 241 g/mol. The van der Waals surface area contributed by atoms with Crippen molar-refractivity contribution in [3.63, 3.8) is 0 Å². The van der Waals surface area contributed by atoms with Gasteiger partial charge in [0.25, 0.3) is 0 Å². The minimum Gasteiger partial charge on any atom is -0.394 e. The normalized spacial score (nSPS) is 12.2. The van der Waals surface area contributed by atoms with Crippen molar-refractivity contribution >= 4 is 5.69 Å². The molecule has 0 saturated carbocycles. The summed E-state index contributed by atoms with van der Waals surface area (Å²) in [7, 11) is 0. The number of nitrogens with one attached hydrogen (secondary N) is 1. The van der Waals surface area contributed by atoms with Crippen molar-refractivity contribution < 1.29 is 5.11 Å². The minimum atomic E-state index is -0.0632. The Morgan fingerprint density at radius 3 is 2.28 bits per heavy atom. The highest BCUT2D eigenvalue weighted by Gasteiger charge is 2.10. The van der Waals surface area contributed by atoms with Crippen LogP contribution in [0.5, 0.6) is 0 Å². The fourth-order valence-corrected chi connectivity index (χ4v) is 2.06. The van der Waals surface area contributed by atoms with E-state index in [4.69, 9.17) is 0 Å². The van der Waals surface area contributed by atoms with Crippen molar-refractivity contribution in [1.82, 2.24) is 0 Å². The summed E-state index contributed by atoms with van der Waals surface area (Å²) in [5.74, 6) is 0. The summed E-state index contributed by atoms with van der Waals surface area (Å²) in [5, 5.41) is 12.9. The van der Waals surface area contributed by atoms with E-state index in [-0.39, 0.29) is 12.6 Å². The lowest BCUT2D eigenvalue weighted by Gasteiger charge is -2.18. The van der Waals surface area contributed by atoms with Crippen molar-refractivity contribution in [3.8, 4) is 0 Å². The summed E-state index contributed by atoms with van der Waals surface area (Å²) in [4.78, 5) is 0. The van der Waals surface area contributed by atoms with E-state index >= 15 is 0 Å². The van der Waals surface area contributed by atoms with Gasteiger partial charge >= 0.3 is 0 Å². The van der Waals surface area contributed by atoms with Crippen LogP contribution >= 0.6 is 0 Å². The van der Waals surface area contributed by atoms with Gasteiger partial charge in [0.05, 0.1) is 12.6 Å². The fraction of sp³-hybridized carbons (Fsp3) is 0.250. The van der Waals surface area contributed by atoms with Crippen LogP contribution in [0.4, 0.5) is 5.69 Å². The highest BCUT2D eigenvalue weighted by molar-refractivity contribution is 5.47. The van der Waals surface area contributed by atoms with E-state index in [1.165, 1.54) is 11.1 Å². The number of hydrogen-bond acceptors (Lipinski definition) is 2. The van der Waals surface area contributed by atoms with E-state index < -0.39 is 0 Å². The zero-order valence-electron chi connectivity index (χ0n) is 10.9. The molecule has 0 saturated heterocycles. The van der Waals surface area contributed by atoms with Gasteiger partial charge in [-0.3, -0.25) is 0 Å². The van der Waals surface area contributed by atoms with Crippen LogP contribution in [0.3, 0.4) is 0 Å². The molecule has 1 atom stereocenters. The molecule has 0 radical (unpaired) electrons. The van der Waals surface area contributed by atoms with E-state index in [0.29, 0.717) is 0 Å². The number of aliphatic hydroxyl groups excluding tert-OH is 1. The van der Waals surface area contributed by atoms with Gasteiger partial charge in [0.2, 0.25) is 0 Å². The minimum absolute atomic E-state index is 0.0632. The van der Waals surface area contributed by atoms with Crippen LogP contribution in [0, 0.1) is 13.8 Å². The maximum atomic E-state index is 9.54. The third kappa shape index (κ3) is 3.11. The zero-order valence-corrected chi connectivity index (χ0v) is 10.9. The van der Waals surface area contributed by atoms with Gasteiger partial charge in [0.15, 0.2) is 0 Å². The van der Waals surface area contributed by atoms with Crippen LogP contribution in [-0.4, -0.2) is 11.7 Å². The second-order valence-corrected chi connectivity index (χ2v) is 4.66. The summed E-state index contributed by atoms with van der Waals surface area (Å²) < 4.78 is 0. The average Bonchev–Trinajstić information content (AvgIpc) is 2.36. The molecule has 0 fully saturated rings. The Morgan fingerprint density at radius 2 is 1.67 bits per heavy atom. The van der Waals surface area contributed by atoms with Crippen molar-refractivity contribution in [3.05, 3.63) is 65.2 Å². The van der Waals surface area contributed by atoms with Crippen LogP contribution in [0.1, 0.15) is 22.7 Å². The molecular weight excluding hydrogens is 222 g/mol. The van der Waals surface area contributed by atoms with Crippen LogP contribution < -0.4 is 5.32 Å². The first-order valence-corrected chi connectivity index (χ1v) is 6.19. The summed E-state index contributed by atoms with van der Waals surface area (Å²) in [6.45, 7) is 4.20. The van der Waals surface area contributed by atoms with Gasteiger partial charge in [-0.25, -0.2) is 0 Å². The standard InChI is InChI=1S/C16H19NO/c1-12-5-3-7-14(9-12)16(11-18)17-15-8-4-6-13(2)10-15/h3-10,16-18H,11H2,1-2H3. The lowest BCUT2D eigenvalue weighted by atomic mass is 10.0. The smallest absolute Gasteiger partial charge is 0.0745 e. The van der Waals surface area contributed by atoms with Gasteiger partial charge in [-0.05, 0) is 37.1 Å². The maximum absolute atomic E-state index is 9.54. The van der Waals surface area contributed by atoms with E-state index in [1.807, 2.05) is 24.3 Å².